The molecule has 1 heterocycles. The van der Waals surface area contributed by atoms with E-state index in [0.29, 0.717) is 23.8 Å². The minimum Gasteiger partial charge on any atom is -0.478 e. The van der Waals surface area contributed by atoms with Gasteiger partial charge in [-0.05, 0) is 66.4 Å². The largest absolute Gasteiger partial charge is 0.478 e. The molecule has 1 N–H and O–H groups in total. The van der Waals surface area contributed by atoms with Gasteiger partial charge >= 0.3 is 12.1 Å². The first kappa shape index (κ1) is 24.7. The van der Waals surface area contributed by atoms with Crippen LogP contribution in [0.1, 0.15) is 27.0 Å². The summed E-state index contributed by atoms with van der Waals surface area (Å²) in [6, 6.07) is 13.3. The van der Waals surface area contributed by atoms with E-state index in [0.717, 1.165) is 50.0 Å². The van der Waals surface area contributed by atoms with E-state index in [1.165, 1.54) is 0 Å². The zero-order valence-corrected chi connectivity index (χ0v) is 19.6. The van der Waals surface area contributed by atoms with Crippen LogP contribution in [0.3, 0.4) is 0 Å². The van der Waals surface area contributed by atoms with Gasteiger partial charge in [-0.1, -0.05) is 18.2 Å². The number of hydrogen-bond acceptors (Lipinski definition) is 4. The van der Waals surface area contributed by atoms with Crippen molar-refractivity contribution in [2.45, 2.75) is 24.5 Å². The molecule has 182 valence electrons. The van der Waals surface area contributed by atoms with Crippen molar-refractivity contribution < 1.29 is 35.9 Å². The third-order valence-electron chi connectivity index (χ3n) is 5.42. The Kier molecular flexibility index (Phi) is 6.32. The van der Waals surface area contributed by atoms with E-state index in [4.69, 9.17) is 5.11 Å². The summed E-state index contributed by atoms with van der Waals surface area (Å²) in [6.07, 6.45) is -4.74. The summed E-state index contributed by atoms with van der Waals surface area (Å²) in [7, 11) is -4.43. The standard InChI is InChI=1S/C24H17F4NO4S2/c1-14-19-4-2-3-5-21(19)34-22(14)29(13-16-12-17(24(26,27)28)8-11-20(16)25)35(32,33)18-9-6-15(7-10-18)23(30)31/h2-12H,13H2,1H3,(H,30,31). The molecular weight excluding hydrogens is 506 g/mol. The number of rotatable bonds is 6. The first-order chi connectivity index (χ1) is 16.4. The van der Waals surface area contributed by atoms with Crippen LogP contribution in [0, 0.1) is 12.7 Å². The Morgan fingerprint density at radius 1 is 1.03 bits per heavy atom. The normalized spacial score (nSPS) is 12.1. The molecule has 0 aliphatic rings. The van der Waals surface area contributed by atoms with E-state index in [1.807, 2.05) is 0 Å². The smallest absolute Gasteiger partial charge is 0.416 e. The number of halogens is 4. The van der Waals surface area contributed by atoms with Gasteiger partial charge in [0.05, 0.1) is 22.6 Å². The van der Waals surface area contributed by atoms with Crippen LogP contribution in [0.25, 0.3) is 10.1 Å². The molecule has 5 nitrogen and oxygen atoms in total. The van der Waals surface area contributed by atoms with Gasteiger partial charge in [0.1, 0.15) is 10.8 Å². The highest BCUT2D eigenvalue weighted by Crippen LogP contribution is 2.41. The maximum atomic E-state index is 14.6. The summed E-state index contributed by atoms with van der Waals surface area (Å²) >= 11 is 1.10. The van der Waals surface area contributed by atoms with Gasteiger partial charge < -0.3 is 5.11 Å². The Balaban J connectivity index is 1.89. The van der Waals surface area contributed by atoms with Crippen molar-refractivity contribution in [3.63, 3.8) is 0 Å². The number of aromatic carboxylic acids is 1. The van der Waals surface area contributed by atoms with Crippen molar-refractivity contribution in [3.8, 4) is 0 Å². The predicted molar refractivity (Wildman–Crippen MR) is 125 cm³/mol. The van der Waals surface area contributed by atoms with E-state index in [-0.39, 0.29) is 15.5 Å². The summed E-state index contributed by atoms with van der Waals surface area (Å²) in [6.45, 7) is 0.971. The molecule has 0 radical (unpaired) electrons. The number of hydrogen-bond donors (Lipinski definition) is 1. The first-order valence-electron chi connectivity index (χ1n) is 10.1. The Hall–Kier alpha value is -3.44. The number of carboxylic acids is 1. The van der Waals surface area contributed by atoms with Gasteiger partial charge in [-0.2, -0.15) is 13.2 Å². The summed E-state index contributed by atoms with van der Waals surface area (Å²) in [5.74, 6) is -2.24. The molecule has 3 aromatic carbocycles. The van der Waals surface area contributed by atoms with Crippen LogP contribution < -0.4 is 4.31 Å². The molecule has 11 heteroatoms. The monoisotopic (exact) mass is 523 g/mol. The van der Waals surface area contributed by atoms with Crippen molar-refractivity contribution >= 4 is 42.4 Å². The molecule has 1 aromatic heterocycles. The van der Waals surface area contributed by atoms with Crippen LogP contribution in [-0.2, 0) is 22.7 Å². The third-order valence-corrected chi connectivity index (χ3v) is 8.59. The fourth-order valence-electron chi connectivity index (χ4n) is 3.59. The number of anilines is 1. The van der Waals surface area contributed by atoms with Crippen molar-refractivity contribution in [2.24, 2.45) is 0 Å². The van der Waals surface area contributed by atoms with Crippen LogP contribution in [0.4, 0.5) is 22.6 Å². The van der Waals surface area contributed by atoms with Crippen LogP contribution in [0.15, 0.2) is 71.6 Å². The second kappa shape index (κ2) is 8.97. The Morgan fingerprint density at radius 2 is 1.69 bits per heavy atom. The SMILES string of the molecule is Cc1c(N(Cc2cc(C(F)(F)F)ccc2F)S(=O)(=O)c2ccc(C(=O)O)cc2)sc2ccccc12. The lowest BCUT2D eigenvalue weighted by Gasteiger charge is -2.25. The highest BCUT2D eigenvalue weighted by Gasteiger charge is 2.33. The van der Waals surface area contributed by atoms with Crippen molar-refractivity contribution in [3.05, 3.63) is 94.8 Å². The Morgan fingerprint density at radius 3 is 2.29 bits per heavy atom. The third kappa shape index (κ3) is 4.73. The Bertz CT molecular complexity index is 1530. The second-order valence-electron chi connectivity index (χ2n) is 7.67. The molecule has 35 heavy (non-hydrogen) atoms. The highest BCUT2D eigenvalue weighted by molar-refractivity contribution is 7.93. The lowest BCUT2D eigenvalue weighted by molar-refractivity contribution is -0.137. The molecule has 0 spiro atoms. The number of nitrogens with zero attached hydrogens (tertiary/aromatic N) is 1. The second-order valence-corrected chi connectivity index (χ2v) is 10.6. The topological polar surface area (TPSA) is 74.7 Å². The van der Waals surface area contributed by atoms with Gasteiger partial charge in [0.25, 0.3) is 10.0 Å². The fraction of sp³-hybridized carbons (Fsp3) is 0.125. The highest BCUT2D eigenvalue weighted by atomic mass is 32.2. The number of fused-ring (bicyclic) bond motifs is 1. The number of carboxylic acid groups (broad SMARTS) is 1. The van der Waals surface area contributed by atoms with Gasteiger partial charge in [-0.15, -0.1) is 11.3 Å². The van der Waals surface area contributed by atoms with Crippen LogP contribution in [-0.4, -0.2) is 19.5 Å². The first-order valence-corrected chi connectivity index (χ1v) is 12.3. The molecule has 0 fully saturated rings. The molecule has 4 aromatic rings. The number of benzene rings is 3. The van der Waals surface area contributed by atoms with Gasteiger partial charge in [-0.3, -0.25) is 4.31 Å². The van der Waals surface area contributed by atoms with Crippen LogP contribution in [0.2, 0.25) is 0 Å². The summed E-state index contributed by atoms with van der Waals surface area (Å²) < 4.78 is 83.4. The lowest BCUT2D eigenvalue weighted by Crippen LogP contribution is -2.31. The molecule has 0 saturated heterocycles. The predicted octanol–water partition coefficient (Wildman–Crippen LogP) is 6.46. The molecule has 0 aliphatic heterocycles. The molecule has 0 unspecified atom stereocenters. The maximum absolute atomic E-state index is 14.6. The van der Waals surface area contributed by atoms with Gasteiger partial charge in [0.2, 0.25) is 0 Å². The number of sulfonamides is 1. The average Bonchev–Trinajstić information content (AvgIpc) is 3.13. The molecule has 0 saturated carbocycles. The number of carbonyl (C=O) groups is 1. The van der Waals surface area contributed by atoms with E-state index >= 15 is 0 Å². The van der Waals surface area contributed by atoms with Crippen LogP contribution in [0.5, 0.6) is 0 Å². The van der Waals surface area contributed by atoms with E-state index < -0.39 is 45.7 Å². The molecule has 0 aliphatic carbocycles. The zero-order valence-electron chi connectivity index (χ0n) is 18.0. The quantitative estimate of drug-likeness (QED) is 0.294. The molecule has 0 bridgehead atoms. The summed E-state index contributed by atoms with van der Waals surface area (Å²) in [4.78, 5) is 10.9. The van der Waals surface area contributed by atoms with Crippen LogP contribution >= 0.6 is 11.3 Å². The Labute approximate surface area is 201 Å². The van der Waals surface area contributed by atoms with Crippen molar-refractivity contribution in [1.82, 2.24) is 0 Å². The maximum Gasteiger partial charge on any atom is 0.416 e. The minimum atomic E-state index is -4.74. The minimum absolute atomic E-state index is 0.141. The number of alkyl halides is 3. The van der Waals surface area contributed by atoms with E-state index in [2.05, 4.69) is 0 Å². The fourth-order valence-corrected chi connectivity index (χ4v) is 6.51. The van der Waals surface area contributed by atoms with Crippen molar-refractivity contribution in [2.75, 3.05) is 4.31 Å². The average molecular weight is 524 g/mol. The van der Waals surface area contributed by atoms with Gasteiger partial charge in [0.15, 0.2) is 0 Å². The van der Waals surface area contributed by atoms with E-state index in [9.17, 15) is 30.8 Å². The van der Waals surface area contributed by atoms with Gasteiger partial charge in [-0.25, -0.2) is 17.6 Å². The molecule has 0 amide bonds. The lowest BCUT2D eigenvalue weighted by atomic mass is 10.1. The number of thiophene rings is 1. The van der Waals surface area contributed by atoms with Crippen molar-refractivity contribution in [1.29, 1.82) is 0 Å². The molecule has 0 atom stereocenters. The molecule has 4 rings (SSSR count). The number of aryl methyl sites for hydroxylation is 1. The summed E-state index contributed by atoms with van der Waals surface area (Å²) in [5, 5.41) is 10.1. The van der Waals surface area contributed by atoms with E-state index in [1.54, 1.807) is 31.2 Å². The zero-order chi connectivity index (χ0) is 25.5. The molecular formula is C24H17F4NO4S2. The summed E-state index contributed by atoms with van der Waals surface area (Å²) in [5.41, 5.74) is -1.14. The van der Waals surface area contributed by atoms with Gasteiger partial charge in [0, 0.05) is 10.3 Å².